The van der Waals surface area contributed by atoms with E-state index in [4.69, 9.17) is 9.84 Å². The van der Waals surface area contributed by atoms with Crippen LogP contribution in [-0.4, -0.2) is 24.9 Å². The quantitative estimate of drug-likeness (QED) is 0.641. The van der Waals surface area contributed by atoms with E-state index in [-0.39, 0.29) is 0 Å². The minimum absolute atomic E-state index is 0.324. The first-order chi connectivity index (χ1) is 4.88. The van der Waals surface area contributed by atoms with E-state index in [1.54, 1.807) is 0 Å². The van der Waals surface area contributed by atoms with E-state index in [1.165, 1.54) is 0 Å². The van der Waals surface area contributed by atoms with E-state index < -0.39 is 0 Å². The van der Waals surface area contributed by atoms with Crippen LogP contribution in [0.15, 0.2) is 0 Å². The number of aliphatic hydroxyl groups is 1. The predicted molar refractivity (Wildman–Crippen MR) is 39.8 cm³/mol. The molecule has 0 bridgehead atoms. The molecule has 0 aromatic heterocycles. The molecule has 0 radical (unpaired) electrons. The lowest BCUT2D eigenvalue weighted by Gasteiger charge is -2.17. The normalized spacial score (nSPS) is 28.8. The Bertz CT molecular complexity index is 83.3. The van der Waals surface area contributed by atoms with E-state index in [2.05, 4.69) is 6.92 Å². The maximum absolute atomic E-state index is 8.93. The molecule has 0 amide bonds. The maximum atomic E-state index is 8.93. The molecule has 0 aromatic carbocycles. The van der Waals surface area contributed by atoms with Crippen molar-refractivity contribution < 1.29 is 9.84 Å². The monoisotopic (exact) mass is 144 g/mol. The van der Waals surface area contributed by atoms with E-state index in [1.807, 2.05) is 0 Å². The van der Waals surface area contributed by atoms with Gasteiger partial charge in [-0.25, -0.2) is 0 Å². The first kappa shape index (κ1) is 8.02. The van der Waals surface area contributed by atoms with Crippen molar-refractivity contribution in [3.05, 3.63) is 0 Å². The first-order valence-electron chi connectivity index (χ1n) is 4.07. The van der Waals surface area contributed by atoms with Gasteiger partial charge in [-0.1, -0.05) is 13.3 Å². The highest BCUT2D eigenvalue weighted by molar-refractivity contribution is 4.71. The Morgan fingerprint density at radius 1 is 1.70 bits per heavy atom. The van der Waals surface area contributed by atoms with Crippen molar-refractivity contribution in [2.24, 2.45) is 11.8 Å². The van der Waals surface area contributed by atoms with Crippen LogP contribution >= 0.6 is 0 Å². The zero-order valence-electron chi connectivity index (χ0n) is 6.55. The van der Waals surface area contributed by atoms with E-state index in [0.717, 1.165) is 26.1 Å². The zero-order valence-corrected chi connectivity index (χ0v) is 6.55. The molecule has 2 nitrogen and oxygen atoms in total. The van der Waals surface area contributed by atoms with Gasteiger partial charge in [-0.15, -0.1) is 0 Å². The highest BCUT2D eigenvalue weighted by Gasteiger charge is 2.23. The topological polar surface area (TPSA) is 29.5 Å². The molecular formula is C8H16O2. The lowest BCUT2D eigenvalue weighted by Crippen LogP contribution is -2.17. The summed E-state index contributed by atoms with van der Waals surface area (Å²) in [6, 6.07) is 0. The zero-order chi connectivity index (χ0) is 7.40. The Morgan fingerprint density at radius 2 is 2.50 bits per heavy atom. The van der Waals surface area contributed by atoms with Crippen LogP contribution in [0.4, 0.5) is 0 Å². The molecule has 0 spiro atoms. The molecule has 1 fully saturated rings. The van der Waals surface area contributed by atoms with Crippen LogP contribution in [-0.2, 0) is 4.74 Å². The summed E-state index contributed by atoms with van der Waals surface area (Å²) >= 11 is 0. The number of hydrogen-bond acceptors (Lipinski definition) is 2. The van der Waals surface area contributed by atoms with Crippen molar-refractivity contribution in [3.63, 3.8) is 0 Å². The molecule has 2 heteroatoms. The molecule has 60 valence electrons. The smallest absolute Gasteiger partial charge is 0.0498 e. The average molecular weight is 144 g/mol. The van der Waals surface area contributed by atoms with Crippen molar-refractivity contribution >= 4 is 0 Å². The van der Waals surface area contributed by atoms with Gasteiger partial charge in [-0.2, -0.15) is 0 Å². The summed E-state index contributed by atoms with van der Waals surface area (Å²) in [6.45, 7) is 4.20. The molecule has 0 saturated carbocycles. The van der Waals surface area contributed by atoms with Gasteiger partial charge < -0.3 is 9.84 Å². The van der Waals surface area contributed by atoms with Gasteiger partial charge in [0.2, 0.25) is 0 Å². The second kappa shape index (κ2) is 3.94. The summed E-state index contributed by atoms with van der Waals surface area (Å²) in [6.07, 6.45) is 2.21. The van der Waals surface area contributed by atoms with Crippen molar-refractivity contribution in [2.75, 3.05) is 19.8 Å². The Hall–Kier alpha value is -0.0800. The fourth-order valence-electron chi connectivity index (χ4n) is 1.54. The first-order valence-corrected chi connectivity index (χ1v) is 4.07. The van der Waals surface area contributed by atoms with E-state index in [0.29, 0.717) is 18.4 Å². The van der Waals surface area contributed by atoms with Gasteiger partial charge in [0.05, 0.1) is 0 Å². The van der Waals surface area contributed by atoms with Crippen LogP contribution < -0.4 is 0 Å². The van der Waals surface area contributed by atoms with E-state index >= 15 is 0 Å². The SMILES string of the molecule is CCC(CO)C1CCOC1. The van der Waals surface area contributed by atoms with Crippen LogP contribution in [0.3, 0.4) is 0 Å². The average Bonchev–Trinajstić information content (AvgIpc) is 2.43. The molecule has 2 atom stereocenters. The van der Waals surface area contributed by atoms with Crippen LogP contribution in [0, 0.1) is 11.8 Å². The summed E-state index contributed by atoms with van der Waals surface area (Å²) in [7, 11) is 0. The molecule has 10 heavy (non-hydrogen) atoms. The van der Waals surface area contributed by atoms with Crippen molar-refractivity contribution in [3.8, 4) is 0 Å². The van der Waals surface area contributed by atoms with Crippen molar-refractivity contribution in [2.45, 2.75) is 19.8 Å². The number of rotatable bonds is 3. The summed E-state index contributed by atoms with van der Waals surface area (Å²) in [4.78, 5) is 0. The molecule has 1 aliphatic rings. The molecule has 1 aliphatic heterocycles. The van der Waals surface area contributed by atoms with Crippen LogP contribution in [0.1, 0.15) is 19.8 Å². The third-order valence-corrected chi connectivity index (χ3v) is 2.39. The lowest BCUT2D eigenvalue weighted by atomic mass is 9.90. The summed E-state index contributed by atoms with van der Waals surface area (Å²) < 4.78 is 5.23. The lowest BCUT2D eigenvalue weighted by molar-refractivity contribution is 0.137. The van der Waals surface area contributed by atoms with Crippen LogP contribution in [0.25, 0.3) is 0 Å². The molecule has 2 unspecified atom stereocenters. The predicted octanol–water partition coefficient (Wildman–Crippen LogP) is 1.04. The second-order valence-corrected chi connectivity index (χ2v) is 2.97. The molecular weight excluding hydrogens is 128 g/mol. The third kappa shape index (κ3) is 1.70. The molecule has 1 N–H and O–H groups in total. The van der Waals surface area contributed by atoms with Crippen molar-refractivity contribution in [1.82, 2.24) is 0 Å². The molecule has 0 aromatic rings. The second-order valence-electron chi connectivity index (χ2n) is 2.97. The van der Waals surface area contributed by atoms with Gasteiger partial charge in [0.15, 0.2) is 0 Å². The minimum atomic E-state index is 0.324. The van der Waals surface area contributed by atoms with Gasteiger partial charge in [0.1, 0.15) is 0 Å². The fourth-order valence-corrected chi connectivity index (χ4v) is 1.54. The van der Waals surface area contributed by atoms with Gasteiger partial charge in [-0.05, 0) is 18.3 Å². The molecule has 1 saturated heterocycles. The highest BCUT2D eigenvalue weighted by atomic mass is 16.5. The minimum Gasteiger partial charge on any atom is -0.396 e. The Kier molecular flexibility index (Phi) is 3.16. The fraction of sp³-hybridized carbons (Fsp3) is 1.00. The molecule has 0 aliphatic carbocycles. The van der Waals surface area contributed by atoms with E-state index in [9.17, 15) is 0 Å². The summed E-state index contributed by atoms with van der Waals surface area (Å²) in [5, 5.41) is 8.93. The Balaban J connectivity index is 2.29. The third-order valence-electron chi connectivity index (χ3n) is 2.39. The van der Waals surface area contributed by atoms with Crippen LogP contribution in [0.5, 0.6) is 0 Å². The molecule has 1 rings (SSSR count). The summed E-state index contributed by atoms with van der Waals surface area (Å²) in [5.41, 5.74) is 0. The summed E-state index contributed by atoms with van der Waals surface area (Å²) in [5.74, 6) is 1.09. The van der Waals surface area contributed by atoms with Gasteiger partial charge in [0, 0.05) is 19.8 Å². The standard InChI is InChI=1S/C8H16O2/c1-2-7(5-9)8-3-4-10-6-8/h7-9H,2-6H2,1H3. The highest BCUT2D eigenvalue weighted by Crippen LogP contribution is 2.23. The Labute approximate surface area is 62.2 Å². The number of aliphatic hydroxyl groups excluding tert-OH is 1. The Morgan fingerprint density at radius 3 is 2.90 bits per heavy atom. The van der Waals surface area contributed by atoms with Crippen LogP contribution in [0.2, 0.25) is 0 Å². The number of hydrogen-bond donors (Lipinski definition) is 1. The molecule has 1 heterocycles. The van der Waals surface area contributed by atoms with Gasteiger partial charge in [-0.3, -0.25) is 0 Å². The van der Waals surface area contributed by atoms with Gasteiger partial charge in [0.25, 0.3) is 0 Å². The number of ether oxygens (including phenoxy) is 1. The maximum Gasteiger partial charge on any atom is 0.0498 e. The largest absolute Gasteiger partial charge is 0.396 e. The van der Waals surface area contributed by atoms with Gasteiger partial charge >= 0.3 is 0 Å². The van der Waals surface area contributed by atoms with Crippen molar-refractivity contribution in [1.29, 1.82) is 0 Å².